The number of nitrogens with zero attached hydrogens (tertiary/aromatic N) is 3. The number of anilines is 3. The van der Waals surface area contributed by atoms with Crippen molar-refractivity contribution in [1.82, 2.24) is 4.98 Å². The summed E-state index contributed by atoms with van der Waals surface area (Å²) in [6, 6.07) is 19.2. The summed E-state index contributed by atoms with van der Waals surface area (Å²) in [7, 11) is 1.54. The number of hydrogen-bond donors (Lipinski definition) is 3. The van der Waals surface area contributed by atoms with Crippen LogP contribution in [0.3, 0.4) is 0 Å². The Morgan fingerprint density at radius 2 is 1.92 bits per heavy atom. The average Bonchev–Trinajstić information content (AvgIpc) is 3.42. The quantitative estimate of drug-likeness (QED) is 0.124. The van der Waals surface area contributed by atoms with Crippen molar-refractivity contribution in [3.8, 4) is 29.0 Å². The maximum atomic E-state index is 12.5. The van der Waals surface area contributed by atoms with Gasteiger partial charge in [-0.15, -0.1) is 0 Å². The summed E-state index contributed by atoms with van der Waals surface area (Å²) in [5.41, 5.74) is 3.30. The van der Waals surface area contributed by atoms with Crippen molar-refractivity contribution < 1.29 is 18.7 Å². The Labute approximate surface area is 207 Å². The molecular weight excluding hydrogens is 460 g/mol. The predicted octanol–water partition coefficient (Wildman–Crippen LogP) is 5.49. The molecular formula is C26H22N6O4. The highest BCUT2D eigenvalue weighted by atomic mass is 16.5. The van der Waals surface area contributed by atoms with Crippen molar-refractivity contribution in [2.45, 2.75) is 6.54 Å². The average molecular weight is 483 g/mol. The minimum Gasteiger partial charge on any atom is -0.496 e. The van der Waals surface area contributed by atoms with Gasteiger partial charge in [0, 0.05) is 17.4 Å². The lowest BCUT2D eigenvalue weighted by Crippen LogP contribution is -2.19. The number of hydrogen-bond acceptors (Lipinski definition) is 8. The van der Waals surface area contributed by atoms with Crippen LogP contribution in [0.1, 0.15) is 5.56 Å². The lowest BCUT2D eigenvalue weighted by Gasteiger charge is -2.11. The summed E-state index contributed by atoms with van der Waals surface area (Å²) in [5.74, 6) is 1.59. The molecule has 0 bridgehead atoms. The van der Waals surface area contributed by atoms with E-state index in [1.54, 1.807) is 61.8 Å². The second-order valence-electron chi connectivity index (χ2n) is 7.36. The Kier molecular flexibility index (Phi) is 7.76. The number of methoxy groups -OCH3 is 1. The number of aromatic nitrogens is 1. The molecule has 1 aromatic heterocycles. The van der Waals surface area contributed by atoms with E-state index in [1.165, 1.54) is 12.8 Å². The first kappa shape index (κ1) is 23.8. The van der Waals surface area contributed by atoms with Crippen molar-refractivity contribution >= 4 is 29.5 Å². The monoisotopic (exact) mass is 482 g/mol. The maximum Gasteiger partial charge on any atom is 0.323 e. The minimum absolute atomic E-state index is 0.339. The van der Waals surface area contributed by atoms with Gasteiger partial charge in [-0.2, -0.15) is 5.26 Å². The smallest absolute Gasteiger partial charge is 0.323 e. The van der Waals surface area contributed by atoms with Gasteiger partial charge in [-0.25, -0.2) is 9.78 Å². The van der Waals surface area contributed by atoms with E-state index >= 15 is 0 Å². The molecule has 10 nitrogen and oxygen atoms in total. The van der Waals surface area contributed by atoms with E-state index in [1.807, 2.05) is 24.4 Å². The highest BCUT2D eigenvalue weighted by molar-refractivity contribution is 6.00. The third-order valence-corrected chi connectivity index (χ3v) is 4.95. The number of carbonyl (C=O) groups is 1. The second kappa shape index (κ2) is 11.7. The lowest BCUT2D eigenvalue weighted by molar-refractivity contribution is 0.262. The zero-order chi connectivity index (χ0) is 25.2. The van der Waals surface area contributed by atoms with Gasteiger partial charge in [-0.1, -0.05) is 24.3 Å². The molecule has 0 saturated heterocycles. The standard InChI is InChI=1S/C26H22N6O4/c1-34-24-12-20(9-10-21(24)25-14-29-17-36-25)32-26(33)31-19-6-4-5-18(11-19)13-28-16-35-23-8-3-2-7-22(23)30-15-27/h2-12,14,16-17,30H,13H2,1H3,(H2,31,32,33). The highest BCUT2D eigenvalue weighted by Crippen LogP contribution is 2.32. The van der Waals surface area contributed by atoms with E-state index in [-0.39, 0.29) is 0 Å². The summed E-state index contributed by atoms with van der Waals surface area (Å²) < 4.78 is 16.3. The number of benzene rings is 3. The molecule has 0 aliphatic heterocycles. The van der Waals surface area contributed by atoms with Gasteiger partial charge >= 0.3 is 6.03 Å². The molecule has 0 radical (unpaired) electrons. The van der Waals surface area contributed by atoms with Crippen LogP contribution in [0.2, 0.25) is 0 Å². The fourth-order valence-corrected chi connectivity index (χ4v) is 3.33. The molecule has 10 heteroatoms. The fourth-order valence-electron chi connectivity index (χ4n) is 3.33. The number of para-hydroxylation sites is 2. The van der Waals surface area contributed by atoms with Crippen LogP contribution >= 0.6 is 0 Å². The van der Waals surface area contributed by atoms with E-state index in [0.29, 0.717) is 40.9 Å². The molecule has 180 valence electrons. The highest BCUT2D eigenvalue weighted by Gasteiger charge is 2.11. The Bertz CT molecular complexity index is 1400. The predicted molar refractivity (Wildman–Crippen MR) is 136 cm³/mol. The number of urea groups is 1. The largest absolute Gasteiger partial charge is 0.496 e. The number of oxazole rings is 1. The summed E-state index contributed by atoms with van der Waals surface area (Å²) in [4.78, 5) is 20.7. The first-order valence-corrected chi connectivity index (χ1v) is 10.8. The molecule has 0 aliphatic rings. The van der Waals surface area contributed by atoms with Gasteiger partial charge in [0.05, 0.1) is 31.1 Å². The van der Waals surface area contributed by atoms with Crippen molar-refractivity contribution in [3.63, 3.8) is 0 Å². The van der Waals surface area contributed by atoms with Crippen LogP contribution in [0.25, 0.3) is 11.3 Å². The van der Waals surface area contributed by atoms with E-state index in [9.17, 15) is 4.79 Å². The molecule has 0 fully saturated rings. The molecule has 3 N–H and O–H groups in total. The van der Waals surface area contributed by atoms with Crippen LogP contribution in [0, 0.1) is 11.5 Å². The normalized spacial score (nSPS) is 10.4. The number of amides is 2. The van der Waals surface area contributed by atoms with Crippen LogP contribution < -0.4 is 25.4 Å². The number of aliphatic imine (C=N–C) groups is 1. The lowest BCUT2D eigenvalue weighted by atomic mass is 10.1. The van der Waals surface area contributed by atoms with Crippen LogP contribution in [0.15, 0.2) is 88.7 Å². The van der Waals surface area contributed by atoms with E-state index < -0.39 is 6.03 Å². The zero-order valence-corrected chi connectivity index (χ0v) is 19.3. The van der Waals surface area contributed by atoms with Gasteiger partial charge in [0.15, 0.2) is 30.5 Å². The van der Waals surface area contributed by atoms with Crippen LogP contribution in [-0.4, -0.2) is 24.5 Å². The Morgan fingerprint density at radius 3 is 2.69 bits per heavy atom. The van der Waals surface area contributed by atoms with Gasteiger partial charge in [0.25, 0.3) is 0 Å². The van der Waals surface area contributed by atoms with E-state index in [2.05, 4.69) is 25.9 Å². The van der Waals surface area contributed by atoms with Gasteiger partial charge in [-0.3, -0.25) is 10.3 Å². The first-order chi connectivity index (χ1) is 17.7. The number of nitriles is 1. The molecule has 0 saturated carbocycles. The molecule has 4 aromatic rings. The van der Waals surface area contributed by atoms with Crippen LogP contribution in [0.4, 0.5) is 21.9 Å². The molecule has 4 rings (SSSR count). The van der Waals surface area contributed by atoms with Crippen molar-refractivity contribution in [3.05, 3.63) is 84.9 Å². The SMILES string of the molecule is COc1cc(NC(=O)Nc2cccc(CN=COc3ccccc3NC#N)c2)ccc1-c1cnco1. The van der Waals surface area contributed by atoms with E-state index in [4.69, 9.17) is 19.2 Å². The fraction of sp³-hybridized carbons (Fsp3) is 0.0769. The second-order valence-corrected chi connectivity index (χ2v) is 7.36. The van der Waals surface area contributed by atoms with Crippen LogP contribution in [-0.2, 0) is 6.54 Å². The third-order valence-electron chi connectivity index (χ3n) is 4.95. The molecule has 1 heterocycles. The Morgan fingerprint density at radius 1 is 1.08 bits per heavy atom. The molecule has 0 aliphatic carbocycles. The maximum absolute atomic E-state index is 12.5. The van der Waals surface area contributed by atoms with Crippen LogP contribution in [0.5, 0.6) is 11.5 Å². The summed E-state index contributed by atoms with van der Waals surface area (Å²) in [6.45, 7) is 0.339. The van der Waals surface area contributed by atoms with Gasteiger partial charge in [-0.05, 0) is 42.0 Å². The Hall–Kier alpha value is -5.30. The summed E-state index contributed by atoms with van der Waals surface area (Å²) >= 11 is 0. The third kappa shape index (κ3) is 6.18. The molecule has 3 aromatic carbocycles. The number of nitrogens with one attached hydrogen (secondary N) is 3. The van der Waals surface area contributed by atoms with Crippen molar-refractivity contribution in [2.24, 2.45) is 4.99 Å². The van der Waals surface area contributed by atoms with Gasteiger partial charge in [0.2, 0.25) is 0 Å². The number of ether oxygens (including phenoxy) is 2. The summed E-state index contributed by atoms with van der Waals surface area (Å²) in [5, 5.41) is 17.0. The topological polar surface area (TPSA) is 134 Å². The number of rotatable bonds is 9. The Balaban J connectivity index is 1.34. The first-order valence-electron chi connectivity index (χ1n) is 10.8. The van der Waals surface area contributed by atoms with Gasteiger partial charge < -0.3 is 24.5 Å². The number of carbonyl (C=O) groups excluding carboxylic acids is 1. The molecule has 0 spiro atoms. The van der Waals surface area contributed by atoms with Crippen molar-refractivity contribution in [1.29, 1.82) is 5.26 Å². The van der Waals surface area contributed by atoms with Gasteiger partial charge in [0.1, 0.15) is 5.75 Å². The van der Waals surface area contributed by atoms with E-state index in [0.717, 1.165) is 11.1 Å². The molecule has 36 heavy (non-hydrogen) atoms. The zero-order valence-electron chi connectivity index (χ0n) is 19.3. The van der Waals surface area contributed by atoms with Crippen molar-refractivity contribution in [2.75, 3.05) is 23.1 Å². The summed E-state index contributed by atoms with van der Waals surface area (Å²) in [6.07, 6.45) is 6.12. The molecule has 2 amide bonds. The molecule has 0 unspecified atom stereocenters. The minimum atomic E-state index is -0.407. The molecule has 0 atom stereocenters.